The van der Waals surface area contributed by atoms with Crippen LogP contribution in [0.4, 0.5) is 23.2 Å². The number of pyridine rings is 1. The minimum atomic E-state index is -4.48. The fourth-order valence-corrected chi connectivity index (χ4v) is 4.17. The van der Waals surface area contributed by atoms with Crippen LogP contribution in [0.1, 0.15) is 18.5 Å². The van der Waals surface area contributed by atoms with Crippen molar-refractivity contribution in [2.75, 3.05) is 31.5 Å². The summed E-state index contributed by atoms with van der Waals surface area (Å²) in [6.45, 7) is 1.37. The highest BCUT2D eigenvalue weighted by atomic mass is 19.4. The van der Waals surface area contributed by atoms with Crippen molar-refractivity contribution in [1.82, 2.24) is 14.8 Å². The number of alkyl halides is 4. The van der Waals surface area contributed by atoms with Gasteiger partial charge in [0.2, 0.25) is 5.91 Å². The zero-order chi connectivity index (χ0) is 22.2. The van der Waals surface area contributed by atoms with Crippen LogP contribution in [0.25, 0.3) is 10.9 Å². The van der Waals surface area contributed by atoms with Crippen LogP contribution in [0.2, 0.25) is 0 Å². The van der Waals surface area contributed by atoms with Crippen molar-refractivity contribution < 1.29 is 22.4 Å². The van der Waals surface area contributed by atoms with E-state index in [1.165, 1.54) is 11.0 Å². The summed E-state index contributed by atoms with van der Waals surface area (Å²) in [6, 6.07) is 8.69. The molecule has 31 heavy (non-hydrogen) atoms. The van der Waals surface area contributed by atoms with E-state index in [4.69, 9.17) is 5.26 Å². The van der Waals surface area contributed by atoms with Gasteiger partial charge in [0, 0.05) is 36.6 Å². The van der Waals surface area contributed by atoms with Gasteiger partial charge in [-0.15, -0.1) is 0 Å². The Morgan fingerprint density at radius 3 is 2.81 bits per heavy atom. The number of hydrogen-bond acceptors (Lipinski definition) is 5. The summed E-state index contributed by atoms with van der Waals surface area (Å²) in [6.07, 6.45) is -4.79. The molecule has 0 aliphatic carbocycles. The standard InChI is InChI=1S/C21H21F4N5O/c22-14-8-17(9-26)30(10-14)20(31)12-29-6-5-16(11-29)27-15-2-3-18-13(7-15)1-4-19(28-18)21(23,24)25/h1-4,7,14,16-17,27H,5-6,8,10-12H2/t14-,16+,17?/m0/s1. The molecule has 3 heterocycles. The Bertz CT molecular complexity index is 1020. The van der Waals surface area contributed by atoms with E-state index in [1.807, 2.05) is 11.0 Å². The van der Waals surface area contributed by atoms with Crippen LogP contribution in [0.5, 0.6) is 0 Å². The van der Waals surface area contributed by atoms with Crippen molar-refractivity contribution >= 4 is 22.5 Å². The van der Waals surface area contributed by atoms with E-state index < -0.39 is 24.1 Å². The number of benzene rings is 1. The van der Waals surface area contributed by atoms with Gasteiger partial charge in [0.1, 0.15) is 17.9 Å². The molecule has 2 fully saturated rings. The van der Waals surface area contributed by atoms with E-state index in [-0.39, 0.29) is 37.0 Å². The van der Waals surface area contributed by atoms with Crippen LogP contribution in [-0.2, 0) is 11.0 Å². The third-order valence-electron chi connectivity index (χ3n) is 5.70. The molecule has 10 heteroatoms. The van der Waals surface area contributed by atoms with Crippen molar-refractivity contribution in [3.8, 4) is 6.07 Å². The van der Waals surface area contributed by atoms with E-state index in [2.05, 4.69) is 10.3 Å². The number of rotatable bonds is 4. The molecule has 4 rings (SSSR count). The number of carbonyl (C=O) groups excluding carboxylic acids is 1. The lowest BCUT2D eigenvalue weighted by atomic mass is 10.1. The van der Waals surface area contributed by atoms with Crippen LogP contribution in [0.15, 0.2) is 30.3 Å². The zero-order valence-corrected chi connectivity index (χ0v) is 16.6. The van der Waals surface area contributed by atoms with E-state index in [0.717, 1.165) is 18.2 Å². The number of nitriles is 1. The number of carbonyl (C=O) groups is 1. The third kappa shape index (κ3) is 4.71. The molecule has 2 aromatic rings. The van der Waals surface area contributed by atoms with Crippen molar-refractivity contribution in [3.63, 3.8) is 0 Å². The fraction of sp³-hybridized carbons (Fsp3) is 0.476. The molecule has 0 radical (unpaired) electrons. The van der Waals surface area contributed by atoms with E-state index in [1.54, 1.807) is 18.2 Å². The van der Waals surface area contributed by atoms with Gasteiger partial charge in [-0.25, -0.2) is 9.37 Å². The molecule has 1 N–H and O–H groups in total. The topological polar surface area (TPSA) is 72.3 Å². The summed E-state index contributed by atoms with van der Waals surface area (Å²) < 4.78 is 52.0. The highest BCUT2D eigenvalue weighted by molar-refractivity contribution is 5.82. The highest BCUT2D eigenvalue weighted by Crippen LogP contribution is 2.30. The number of amides is 1. The minimum absolute atomic E-state index is 0.0340. The van der Waals surface area contributed by atoms with Crippen LogP contribution < -0.4 is 5.32 Å². The molecule has 0 spiro atoms. The number of hydrogen-bond donors (Lipinski definition) is 1. The summed E-state index contributed by atoms with van der Waals surface area (Å²) >= 11 is 0. The molecular formula is C21H21F4N5O. The molecule has 6 nitrogen and oxygen atoms in total. The van der Waals surface area contributed by atoms with Crippen molar-refractivity contribution in [2.24, 2.45) is 0 Å². The smallest absolute Gasteiger partial charge is 0.381 e. The second-order valence-corrected chi connectivity index (χ2v) is 7.99. The van der Waals surface area contributed by atoms with Crippen LogP contribution in [0, 0.1) is 11.3 Å². The minimum Gasteiger partial charge on any atom is -0.381 e. The second kappa shape index (κ2) is 8.30. The Kier molecular flexibility index (Phi) is 5.71. The number of anilines is 1. The molecule has 164 valence electrons. The lowest BCUT2D eigenvalue weighted by Gasteiger charge is -2.23. The molecule has 0 bridgehead atoms. The summed E-state index contributed by atoms with van der Waals surface area (Å²) in [7, 11) is 0. The van der Waals surface area contributed by atoms with Crippen LogP contribution in [0.3, 0.4) is 0 Å². The number of aromatic nitrogens is 1. The molecule has 1 aromatic carbocycles. The molecule has 2 saturated heterocycles. The van der Waals surface area contributed by atoms with Gasteiger partial charge in [-0.1, -0.05) is 6.07 Å². The average molecular weight is 435 g/mol. The monoisotopic (exact) mass is 435 g/mol. The quantitative estimate of drug-likeness (QED) is 0.747. The van der Waals surface area contributed by atoms with Crippen LogP contribution >= 0.6 is 0 Å². The number of nitrogens with zero attached hydrogens (tertiary/aromatic N) is 4. The molecule has 2 aliphatic heterocycles. The average Bonchev–Trinajstić information content (AvgIpc) is 3.32. The zero-order valence-electron chi connectivity index (χ0n) is 16.6. The first kappa shape index (κ1) is 21.3. The van der Waals surface area contributed by atoms with Crippen LogP contribution in [-0.4, -0.2) is 65.1 Å². The molecular weight excluding hydrogens is 414 g/mol. The Labute approximate surface area is 176 Å². The Morgan fingerprint density at radius 2 is 2.06 bits per heavy atom. The van der Waals surface area contributed by atoms with Crippen molar-refractivity contribution in [3.05, 3.63) is 36.0 Å². The molecule has 1 unspecified atom stereocenters. The molecule has 1 amide bonds. The second-order valence-electron chi connectivity index (χ2n) is 7.99. The fourth-order valence-electron chi connectivity index (χ4n) is 4.17. The predicted molar refractivity (Wildman–Crippen MR) is 106 cm³/mol. The molecule has 1 aromatic heterocycles. The van der Waals surface area contributed by atoms with E-state index in [0.29, 0.717) is 18.5 Å². The first-order valence-electron chi connectivity index (χ1n) is 10.0. The van der Waals surface area contributed by atoms with Gasteiger partial charge < -0.3 is 10.2 Å². The largest absolute Gasteiger partial charge is 0.433 e. The lowest BCUT2D eigenvalue weighted by molar-refractivity contribution is -0.141. The van der Waals surface area contributed by atoms with Gasteiger partial charge in [-0.3, -0.25) is 9.69 Å². The maximum Gasteiger partial charge on any atom is 0.433 e. The summed E-state index contributed by atoms with van der Waals surface area (Å²) in [5, 5.41) is 13.1. The van der Waals surface area contributed by atoms with Gasteiger partial charge in [-0.05, 0) is 30.7 Å². The maximum atomic E-state index is 13.6. The third-order valence-corrected chi connectivity index (χ3v) is 5.70. The van der Waals surface area contributed by atoms with Gasteiger partial charge >= 0.3 is 6.18 Å². The molecule has 3 atom stereocenters. The normalized spacial score (nSPS) is 24.5. The number of likely N-dealkylation sites (tertiary alicyclic amines) is 2. The van der Waals surface area contributed by atoms with Gasteiger partial charge in [0.05, 0.1) is 24.7 Å². The number of nitrogens with one attached hydrogen (secondary N) is 1. The summed E-state index contributed by atoms with van der Waals surface area (Å²) in [4.78, 5) is 19.4. The first-order valence-corrected chi connectivity index (χ1v) is 10.0. The highest BCUT2D eigenvalue weighted by Gasteiger charge is 2.36. The molecule has 0 saturated carbocycles. The number of halogens is 4. The van der Waals surface area contributed by atoms with Crippen molar-refractivity contribution in [2.45, 2.75) is 37.3 Å². The van der Waals surface area contributed by atoms with Gasteiger partial charge in [0.15, 0.2) is 0 Å². The summed E-state index contributed by atoms with van der Waals surface area (Å²) in [5.74, 6) is -0.246. The Hall–Kier alpha value is -2.93. The Balaban J connectivity index is 1.35. The van der Waals surface area contributed by atoms with Gasteiger partial charge in [0.25, 0.3) is 0 Å². The van der Waals surface area contributed by atoms with Crippen molar-refractivity contribution in [1.29, 1.82) is 5.26 Å². The maximum absolute atomic E-state index is 13.6. The lowest BCUT2D eigenvalue weighted by Crippen LogP contribution is -2.42. The summed E-state index contributed by atoms with van der Waals surface area (Å²) in [5.41, 5.74) is 0.104. The van der Waals surface area contributed by atoms with E-state index in [9.17, 15) is 22.4 Å². The number of fused-ring (bicyclic) bond motifs is 1. The Morgan fingerprint density at radius 1 is 1.26 bits per heavy atom. The molecule has 2 aliphatic rings. The van der Waals surface area contributed by atoms with Gasteiger partial charge in [-0.2, -0.15) is 18.4 Å². The first-order chi connectivity index (χ1) is 14.7. The SMILES string of the molecule is N#CC1C[C@H](F)CN1C(=O)CN1CC[C@@H](Nc2ccc3nc(C(F)(F)F)ccc3c2)C1. The predicted octanol–water partition coefficient (Wildman–Crippen LogP) is 3.20. The van der Waals surface area contributed by atoms with E-state index >= 15 is 0 Å².